The van der Waals surface area contributed by atoms with Crippen LogP contribution in [0.1, 0.15) is 33.1 Å². The Kier molecular flexibility index (Phi) is 1.72. The molecule has 4 rings (SSSR count). The lowest BCUT2D eigenvalue weighted by Gasteiger charge is -2.34. The van der Waals surface area contributed by atoms with Gasteiger partial charge in [-0.05, 0) is 13.8 Å². The van der Waals surface area contributed by atoms with E-state index < -0.39 is 11.4 Å². The van der Waals surface area contributed by atoms with Crippen molar-refractivity contribution in [2.75, 3.05) is 0 Å². The molecule has 0 amide bonds. The van der Waals surface area contributed by atoms with Gasteiger partial charge in [-0.15, -0.1) is 0 Å². The fourth-order valence-corrected chi connectivity index (χ4v) is 3.74. The van der Waals surface area contributed by atoms with Crippen LogP contribution >= 0.6 is 0 Å². The molecule has 0 N–H and O–H groups in total. The summed E-state index contributed by atoms with van der Waals surface area (Å²) in [5.41, 5.74) is -0.438. The Morgan fingerprint density at radius 3 is 2.76 bits per heavy atom. The highest BCUT2D eigenvalue weighted by Crippen LogP contribution is 2.53. The van der Waals surface area contributed by atoms with Gasteiger partial charge in [0, 0.05) is 12.8 Å². The van der Waals surface area contributed by atoms with Crippen molar-refractivity contribution in [1.82, 2.24) is 0 Å². The molecule has 2 bridgehead atoms. The summed E-state index contributed by atoms with van der Waals surface area (Å²) in [5.74, 6) is -0.706. The van der Waals surface area contributed by atoms with Crippen molar-refractivity contribution in [3.63, 3.8) is 0 Å². The molecule has 4 fully saturated rings. The van der Waals surface area contributed by atoms with E-state index in [1.165, 1.54) is 0 Å². The first-order valence-corrected chi connectivity index (χ1v) is 6.20. The molecule has 0 radical (unpaired) electrons. The molecule has 1 spiro atoms. The van der Waals surface area contributed by atoms with Crippen LogP contribution in [0.4, 0.5) is 0 Å². The Balaban J connectivity index is 1.66. The van der Waals surface area contributed by atoms with Crippen molar-refractivity contribution in [2.24, 2.45) is 0 Å². The Morgan fingerprint density at radius 1 is 1.18 bits per heavy atom. The number of hydrogen-bond acceptors (Lipinski definition) is 5. The summed E-state index contributed by atoms with van der Waals surface area (Å²) in [6.45, 7) is 3.82. The molecule has 0 aromatic heterocycles. The number of rotatable bonds is 0. The van der Waals surface area contributed by atoms with Crippen LogP contribution in [0.2, 0.25) is 0 Å². The molecular formula is C12H16O5. The quantitative estimate of drug-likeness (QED) is 0.585. The first-order chi connectivity index (χ1) is 7.97. The van der Waals surface area contributed by atoms with Crippen LogP contribution in [-0.4, -0.2) is 41.8 Å². The number of carbonyl (C=O) groups excluding carboxylic acids is 1. The Bertz CT molecular complexity index is 392. The standard InChI is InChI=1S/C12H16O5/c1-11(2)15-7-5-12-4-6(10(7)17-11)14-8(12)3-9(13)16-12/h6-8,10H,3-5H2,1-2H3/t6?,7-,8?,10+,12-/m1/s1. The summed E-state index contributed by atoms with van der Waals surface area (Å²) < 4.78 is 23.2. The topological polar surface area (TPSA) is 54.0 Å². The second-order valence-corrected chi connectivity index (χ2v) is 5.95. The SMILES string of the molecule is CC1(C)O[C@@H]2C[C@]34CC(OC3CC(=O)O4)[C@@H]2O1. The molecule has 4 aliphatic rings. The average Bonchev–Trinajstić information content (AvgIpc) is 2.72. The van der Waals surface area contributed by atoms with Gasteiger partial charge in [0.2, 0.25) is 0 Å². The van der Waals surface area contributed by atoms with Crippen LogP contribution in [0, 0.1) is 0 Å². The van der Waals surface area contributed by atoms with Crippen molar-refractivity contribution in [3.8, 4) is 0 Å². The van der Waals surface area contributed by atoms with Crippen LogP contribution in [0.15, 0.2) is 0 Å². The highest BCUT2D eigenvalue weighted by molar-refractivity contribution is 5.73. The van der Waals surface area contributed by atoms with Crippen molar-refractivity contribution in [2.45, 2.75) is 68.9 Å². The van der Waals surface area contributed by atoms with Gasteiger partial charge in [-0.2, -0.15) is 0 Å². The Hall–Kier alpha value is -0.650. The third-order valence-corrected chi connectivity index (χ3v) is 4.28. The van der Waals surface area contributed by atoms with Crippen molar-refractivity contribution < 1.29 is 23.7 Å². The molecule has 1 aliphatic carbocycles. The lowest BCUT2D eigenvalue weighted by atomic mass is 9.80. The van der Waals surface area contributed by atoms with Crippen LogP contribution in [0.3, 0.4) is 0 Å². The summed E-state index contributed by atoms with van der Waals surface area (Å²) in [4.78, 5) is 11.4. The van der Waals surface area contributed by atoms with Crippen molar-refractivity contribution in [1.29, 1.82) is 0 Å². The maximum absolute atomic E-state index is 11.4. The van der Waals surface area contributed by atoms with E-state index in [-0.39, 0.29) is 30.4 Å². The van der Waals surface area contributed by atoms with E-state index in [0.717, 1.165) is 6.42 Å². The van der Waals surface area contributed by atoms with E-state index in [1.54, 1.807) is 0 Å². The molecule has 17 heavy (non-hydrogen) atoms. The predicted molar refractivity (Wildman–Crippen MR) is 55.2 cm³/mol. The first-order valence-electron chi connectivity index (χ1n) is 6.20. The number of ether oxygens (including phenoxy) is 4. The largest absolute Gasteiger partial charge is 0.456 e. The second kappa shape index (κ2) is 2.84. The lowest BCUT2D eigenvalue weighted by molar-refractivity contribution is -0.162. The molecule has 3 aliphatic heterocycles. The molecule has 3 heterocycles. The predicted octanol–water partition coefficient (Wildman–Crippen LogP) is 0.753. The van der Waals surface area contributed by atoms with Gasteiger partial charge in [0.05, 0.1) is 18.6 Å². The zero-order valence-corrected chi connectivity index (χ0v) is 9.97. The van der Waals surface area contributed by atoms with Gasteiger partial charge in [0.25, 0.3) is 0 Å². The zero-order chi connectivity index (χ0) is 11.8. The van der Waals surface area contributed by atoms with E-state index in [1.807, 2.05) is 13.8 Å². The summed E-state index contributed by atoms with van der Waals surface area (Å²) in [6, 6.07) is 0. The van der Waals surface area contributed by atoms with Crippen molar-refractivity contribution in [3.05, 3.63) is 0 Å². The summed E-state index contributed by atoms with van der Waals surface area (Å²) in [5, 5.41) is 0. The van der Waals surface area contributed by atoms with Gasteiger partial charge in [-0.3, -0.25) is 4.79 Å². The third kappa shape index (κ3) is 1.27. The number of fused-ring (bicyclic) bond motifs is 3. The molecule has 2 unspecified atom stereocenters. The van der Waals surface area contributed by atoms with Gasteiger partial charge in [-0.1, -0.05) is 0 Å². The number of esters is 1. The molecule has 0 aromatic rings. The minimum Gasteiger partial charge on any atom is -0.456 e. The van der Waals surface area contributed by atoms with Crippen LogP contribution < -0.4 is 0 Å². The normalized spacial score (nSPS) is 54.4. The molecular weight excluding hydrogens is 224 g/mol. The van der Waals surface area contributed by atoms with Gasteiger partial charge in [0.1, 0.15) is 17.8 Å². The highest BCUT2D eigenvalue weighted by Gasteiger charge is 2.66. The molecule has 5 heteroatoms. The Labute approximate surface area is 99.3 Å². The highest BCUT2D eigenvalue weighted by atomic mass is 16.8. The first kappa shape index (κ1) is 10.3. The average molecular weight is 240 g/mol. The minimum absolute atomic E-state index is 0.00799. The Morgan fingerprint density at radius 2 is 1.94 bits per heavy atom. The minimum atomic E-state index is -0.558. The summed E-state index contributed by atoms with van der Waals surface area (Å²) in [7, 11) is 0. The smallest absolute Gasteiger partial charge is 0.309 e. The van der Waals surface area contributed by atoms with E-state index in [0.29, 0.717) is 12.8 Å². The van der Waals surface area contributed by atoms with Crippen molar-refractivity contribution >= 4 is 5.97 Å². The molecule has 1 saturated carbocycles. The van der Waals surface area contributed by atoms with Gasteiger partial charge in [0.15, 0.2) is 5.79 Å². The maximum Gasteiger partial charge on any atom is 0.309 e. The zero-order valence-electron chi connectivity index (χ0n) is 9.97. The fraction of sp³-hybridized carbons (Fsp3) is 0.917. The number of carbonyl (C=O) groups is 1. The monoisotopic (exact) mass is 240 g/mol. The molecule has 5 atom stereocenters. The van der Waals surface area contributed by atoms with Crippen LogP contribution in [0.5, 0.6) is 0 Å². The van der Waals surface area contributed by atoms with Crippen LogP contribution in [-0.2, 0) is 23.7 Å². The van der Waals surface area contributed by atoms with E-state index >= 15 is 0 Å². The molecule has 0 aromatic carbocycles. The number of hydrogen-bond donors (Lipinski definition) is 0. The van der Waals surface area contributed by atoms with E-state index in [4.69, 9.17) is 18.9 Å². The van der Waals surface area contributed by atoms with Gasteiger partial charge >= 0.3 is 5.97 Å². The molecule has 5 nitrogen and oxygen atoms in total. The fourth-order valence-electron chi connectivity index (χ4n) is 3.74. The summed E-state index contributed by atoms with van der Waals surface area (Å²) in [6.07, 6.45) is 1.71. The summed E-state index contributed by atoms with van der Waals surface area (Å²) >= 11 is 0. The van der Waals surface area contributed by atoms with E-state index in [2.05, 4.69) is 0 Å². The molecule has 3 saturated heterocycles. The van der Waals surface area contributed by atoms with Crippen LogP contribution in [0.25, 0.3) is 0 Å². The van der Waals surface area contributed by atoms with E-state index in [9.17, 15) is 4.79 Å². The second-order valence-electron chi connectivity index (χ2n) is 5.95. The van der Waals surface area contributed by atoms with Gasteiger partial charge < -0.3 is 18.9 Å². The molecule has 94 valence electrons. The maximum atomic E-state index is 11.4. The van der Waals surface area contributed by atoms with Gasteiger partial charge in [-0.25, -0.2) is 0 Å². The third-order valence-electron chi connectivity index (χ3n) is 4.28. The lowest BCUT2D eigenvalue weighted by Crippen LogP contribution is -2.47.